The highest BCUT2D eigenvalue weighted by molar-refractivity contribution is 9.10. The summed E-state index contributed by atoms with van der Waals surface area (Å²) in [6.07, 6.45) is 3.44. The van der Waals surface area contributed by atoms with Crippen LogP contribution in [0.3, 0.4) is 0 Å². The van der Waals surface area contributed by atoms with E-state index >= 15 is 0 Å². The van der Waals surface area contributed by atoms with Crippen LogP contribution in [0.15, 0.2) is 35.1 Å². The largest absolute Gasteiger partial charge is 0.493 e. The van der Waals surface area contributed by atoms with E-state index in [1.165, 1.54) is 0 Å². The number of aliphatic hydroxyl groups excluding tert-OH is 1. The third-order valence-electron chi connectivity index (χ3n) is 2.85. The molecule has 0 aliphatic rings. The van der Waals surface area contributed by atoms with Crippen LogP contribution in [0.25, 0.3) is 0 Å². The highest BCUT2D eigenvalue weighted by Gasteiger charge is 2.14. The molecule has 1 aromatic heterocycles. The number of ether oxygens (including phenoxy) is 3. The van der Waals surface area contributed by atoms with Gasteiger partial charge in [-0.1, -0.05) is 0 Å². The second kappa shape index (κ2) is 7.28. The molecule has 0 saturated carbocycles. The molecule has 0 aliphatic heterocycles. The third-order valence-corrected chi connectivity index (χ3v) is 3.28. The maximum atomic E-state index is 9.24. The lowest BCUT2D eigenvalue weighted by atomic mass is 10.2. The quantitative estimate of drug-likeness (QED) is 0.864. The minimum atomic E-state index is -0.0947. The van der Waals surface area contributed by atoms with Crippen molar-refractivity contribution in [2.24, 2.45) is 0 Å². The number of pyridine rings is 1. The van der Waals surface area contributed by atoms with Crippen molar-refractivity contribution >= 4 is 15.9 Å². The molecule has 0 amide bonds. The van der Waals surface area contributed by atoms with Gasteiger partial charge in [0.25, 0.3) is 0 Å². The van der Waals surface area contributed by atoms with Crippen molar-refractivity contribution in [3.8, 4) is 17.2 Å². The molecule has 1 N–H and O–H groups in total. The number of methoxy groups -OCH3 is 2. The van der Waals surface area contributed by atoms with Gasteiger partial charge in [0.15, 0.2) is 11.5 Å². The van der Waals surface area contributed by atoms with Gasteiger partial charge in [0.2, 0.25) is 5.75 Å². The smallest absolute Gasteiger partial charge is 0.203 e. The van der Waals surface area contributed by atoms with Gasteiger partial charge in [0, 0.05) is 22.4 Å². The first-order valence-corrected chi connectivity index (χ1v) is 7.05. The molecular formula is C15H16BrNO4. The molecule has 2 aromatic rings. The van der Waals surface area contributed by atoms with Gasteiger partial charge in [0.1, 0.15) is 6.61 Å². The average Bonchev–Trinajstić information content (AvgIpc) is 2.52. The second-order valence-electron chi connectivity index (χ2n) is 4.29. The van der Waals surface area contributed by atoms with Crippen LogP contribution >= 0.6 is 15.9 Å². The van der Waals surface area contributed by atoms with E-state index in [1.54, 1.807) is 38.7 Å². The van der Waals surface area contributed by atoms with Crippen molar-refractivity contribution in [2.45, 2.75) is 13.2 Å². The fourth-order valence-corrected chi connectivity index (χ4v) is 2.27. The van der Waals surface area contributed by atoms with E-state index in [0.29, 0.717) is 29.4 Å². The lowest BCUT2D eigenvalue weighted by Gasteiger charge is -2.15. The van der Waals surface area contributed by atoms with Crippen LogP contribution in [0.5, 0.6) is 17.2 Å². The normalized spacial score (nSPS) is 10.3. The fraction of sp³-hybridized carbons (Fsp3) is 0.267. The highest BCUT2D eigenvalue weighted by atomic mass is 79.9. The summed E-state index contributed by atoms with van der Waals surface area (Å²) in [5.74, 6) is 1.53. The Bertz CT molecular complexity index is 593. The van der Waals surface area contributed by atoms with E-state index in [2.05, 4.69) is 20.9 Å². The van der Waals surface area contributed by atoms with Gasteiger partial charge >= 0.3 is 0 Å². The SMILES string of the molecule is COc1cc(CO)cc(OC)c1OCc1cncc(Br)c1. The zero-order chi connectivity index (χ0) is 15.2. The molecule has 2 rings (SSSR count). The summed E-state index contributed by atoms with van der Waals surface area (Å²) < 4.78 is 17.3. The molecule has 1 aromatic carbocycles. The molecule has 0 unspecified atom stereocenters. The molecule has 0 bridgehead atoms. The molecule has 0 spiro atoms. The molecule has 5 nitrogen and oxygen atoms in total. The van der Waals surface area contributed by atoms with Gasteiger partial charge in [-0.3, -0.25) is 4.98 Å². The number of aliphatic hydroxyl groups is 1. The maximum absolute atomic E-state index is 9.24. The van der Waals surface area contributed by atoms with Gasteiger partial charge in [-0.05, 0) is 39.7 Å². The highest BCUT2D eigenvalue weighted by Crippen LogP contribution is 2.39. The molecule has 0 fully saturated rings. The maximum Gasteiger partial charge on any atom is 0.203 e. The number of hydrogen-bond donors (Lipinski definition) is 1. The molecule has 0 aliphatic carbocycles. The predicted molar refractivity (Wildman–Crippen MR) is 81.7 cm³/mol. The topological polar surface area (TPSA) is 60.8 Å². The summed E-state index contributed by atoms with van der Waals surface area (Å²) in [7, 11) is 3.09. The summed E-state index contributed by atoms with van der Waals surface area (Å²) in [5.41, 5.74) is 1.61. The van der Waals surface area contributed by atoms with Crippen molar-refractivity contribution in [3.63, 3.8) is 0 Å². The van der Waals surface area contributed by atoms with E-state index < -0.39 is 0 Å². The van der Waals surface area contributed by atoms with Crippen molar-refractivity contribution < 1.29 is 19.3 Å². The van der Waals surface area contributed by atoms with Gasteiger partial charge in [-0.15, -0.1) is 0 Å². The Morgan fingerprint density at radius 2 is 1.71 bits per heavy atom. The Kier molecular flexibility index (Phi) is 5.41. The van der Waals surface area contributed by atoms with Crippen molar-refractivity contribution in [1.29, 1.82) is 0 Å². The molecule has 6 heteroatoms. The first-order chi connectivity index (χ1) is 10.2. The van der Waals surface area contributed by atoms with Crippen LogP contribution in [-0.2, 0) is 13.2 Å². The lowest BCUT2D eigenvalue weighted by Crippen LogP contribution is -2.01. The van der Waals surface area contributed by atoms with Gasteiger partial charge < -0.3 is 19.3 Å². The van der Waals surface area contributed by atoms with Crippen LogP contribution in [0.4, 0.5) is 0 Å². The van der Waals surface area contributed by atoms with Crippen LogP contribution in [0.2, 0.25) is 0 Å². The molecule has 0 atom stereocenters. The van der Waals surface area contributed by atoms with E-state index in [9.17, 15) is 5.11 Å². The number of nitrogens with zero attached hydrogens (tertiary/aromatic N) is 1. The standard InChI is InChI=1S/C15H16BrNO4/c1-19-13-4-10(8-18)5-14(20-2)15(13)21-9-11-3-12(16)7-17-6-11/h3-7,18H,8-9H2,1-2H3. The summed E-state index contributed by atoms with van der Waals surface area (Å²) in [6.45, 7) is 0.236. The minimum absolute atomic E-state index is 0.0947. The number of halogens is 1. The molecule has 1 heterocycles. The Labute approximate surface area is 131 Å². The molecule has 0 saturated heterocycles. The Hall–Kier alpha value is -1.79. The van der Waals surface area contributed by atoms with Crippen LogP contribution in [0, 0.1) is 0 Å². The summed E-state index contributed by atoms with van der Waals surface area (Å²) in [5, 5.41) is 9.24. The van der Waals surface area contributed by atoms with Crippen molar-refractivity contribution in [3.05, 3.63) is 46.2 Å². The Morgan fingerprint density at radius 1 is 1.05 bits per heavy atom. The van der Waals surface area contributed by atoms with E-state index in [1.807, 2.05) is 6.07 Å². The second-order valence-corrected chi connectivity index (χ2v) is 5.20. The predicted octanol–water partition coefficient (Wildman–Crippen LogP) is 2.93. The first kappa shape index (κ1) is 15.6. The average molecular weight is 354 g/mol. The van der Waals surface area contributed by atoms with Crippen LogP contribution in [-0.4, -0.2) is 24.3 Å². The van der Waals surface area contributed by atoms with Crippen molar-refractivity contribution in [2.75, 3.05) is 14.2 Å². The van der Waals surface area contributed by atoms with Gasteiger partial charge in [-0.2, -0.15) is 0 Å². The first-order valence-electron chi connectivity index (χ1n) is 6.26. The summed E-state index contributed by atoms with van der Waals surface area (Å²) in [4.78, 5) is 4.09. The van der Waals surface area contributed by atoms with Crippen LogP contribution in [0.1, 0.15) is 11.1 Å². The molecule has 112 valence electrons. The Balaban J connectivity index is 2.26. The monoisotopic (exact) mass is 353 g/mol. The fourth-order valence-electron chi connectivity index (χ4n) is 1.86. The lowest BCUT2D eigenvalue weighted by molar-refractivity contribution is 0.260. The zero-order valence-electron chi connectivity index (χ0n) is 11.8. The zero-order valence-corrected chi connectivity index (χ0v) is 13.4. The number of aromatic nitrogens is 1. The van der Waals surface area contributed by atoms with Crippen LogP contribution < -0.4 is 14.2 Å². The summed E-state index contributed by atoms with van der Waals surface area (Å²) >= 11 is 3.37. The van der Waals surface area contributed by atoms with E-state index in [4.69, 9.17) is 14.2 Å². The van der Waals surface area contributed by atoms with Crippen molar-refractivity contribution in [1.82, 2.24) is 4.98 Å². The molecule has 21 heavy (non-hydrogen) atoms. The summed E-state index contributed by atoms with van der Waals surface area (Å²) in [6, 6.07) is 5.36. The van der Waals surface area contributed by atoms with E-state index in [-0.39, 0.29) is 6.61 Å². The number of hydrogen-bond acceptors (Lipinski definition) is 5. The molecule has 0 radical (unpaired) electrons. The Morgan fingerprint density at radius 3 is 2.24 bits per heavy atom. The minimum Gasteiger partial charge on any atom is -0.493 e. The van der Waals surface area contributed by atoms with Gasteiger partial charge in [0.05, 0.1) is 20.8 Å². The van der Waals surface area contributed by atoms with Gasteiger partial charge in [-0.25, -0.2) is 0 Å². The number of rotatable bonds is 6. The number of benzene rings is 1. The molecular weight excluding hydrogens is 338 g/mol. The third kappa shape index (κ3) is 3.86. The van der Waals surface area contributed by atoms with E-state index in [0.717, 1.165) is 10.0 Å².